The molecule has 12 heteroatoms. The van der Waals surface area contributed by atoms with Crippen LogP contribution in [-0.2, 0) is 0 Å². The van der Waals surface area contributed by atoms with Gasteiger partial charge in [-0.1, -0.05) is 28.8 Å². The maximum absolute atomic E-state index is 12.3. The molecule has 4 N–H and O–H groups in total. The first-order chi connectivity index (χ1) is 13.5. The Kier molecular flexibility index (Phi) is 5.96. The second-order valence-corrected chi connectivity index (χ2v) is 6.01. The van der Waals surface area contributed by atoms with Crippen LogP contribution in [0.15, 0.2) is 22.6 Å². The lowest BCUT2D eigenvalue weighted by atomic mass is 10.2. The Balaban J connectivity index is 1.72. The van der Waals surface area contributed by atoms with Crippen molar-refractivity contribution in [3.05, 3.63) is 40.5 Å². The van der Waals surface area contributed by atoms with Crippen LogP contribution in [0.1, 0.15) is 22.1 Å². The number of aryl methyl sites for hydroxylation is 2. The molecule has 2 aromatic heterocycles. The highest BCUT2D eigenvalue weighted by molar-refractivity contribution is 6.34. The number of carbonyl (C=O) groups excluding carboxylic acids is 1. The van der Waals surface area contributed by atoms with E-state index in [1.165, 1.54) is 0 Å². The van der Waals surface area contributed by atoms with Gasteiger partial charge in [0.2, 0.25) is 11.9 Å². The quantitative estimate of drug-likeness (QED) is 0.459. The van der Waals surface area contributed by atoms with Crippen molar-refractivity contribution in [1.82, 2.24) is 25.1 Å². The molecule has 3 aromatic rings. The second kappa shape index (κ2) is 8.59. The third kappa shape index (κ3) is 4.69. The predicted molar refractivity (Wildman–Crippen MR) is 102 cm³/mol. The lowest BCUT2D eigenvalue weighted by molar-refractivity contribution is 0.0991. The van der Waals surface area contributed by atoms with Gasteiger partial charge in [-0.15, -0.1) is 5.10 Å². The van der Waals surface area contributed by atoms with Gasteiger partial charge >= 0.3 is 17.8 Å². The maximum Gasteiger partial charge on any atom is 0.322 e. The second-order valence-electron chi connectivity index (χ2n) is 5.60. The average molecular weight is 405 g/mol. The van der Waals surface area contributed by atoms with Crippen LogP contribution in [0.25, 0.3) is 0 Å². The van der Waals surface area contributed by atoms with Crippen LogP contribution in [0, 0.1) is 13.8 Å². The number of anilines is 4. The number of aromatic nitrogens is 5. The standard InChI is InChI=1S/C16H17ClN8O3/c1-8-4-3-5-10(17)11(8)21-12(27)13-24-25-16(28-13)23-15-20-9(2)19-14(22-15)18-6-7-26/h3-5,26H,6-7H2,1-2H3,(H,21,27)(H2,18,19,20,22,23,25). The van der Waals surface area contributed by atoms with Gasteiger partial charge in [0.1, 0.15) is 5.82 Å². The van der Waals surface area contributed by atoms with Crippen molar-refractivity contribution in [2.45, 2.75) is 13.8 Å². The Morgan fingerprint density at radius 2 is 1.96 bits per heavy atom. The van der Waals surface area contributed by atoms with E-state index in [4.69, 9.17) is 21.1 Å². The Morgan fingerprint density at radius 3 is 2.71 bits per heavy atom. The Bertz CT molecular complexity index is 974. The first-order valence-corrected chi connectivity index (χ1v) is 8.58. The number of hydrogen-bond donors (Lipinski definition) is 4. The van der Waals surface area contributed by atoms with E-state index >= 15 is 0 Å². The average Bonchev–Trinajstić information content (AvgIpc) is 3.11. The first kappa shape index (κ1) is 19.5. The molecule has 0 aliphatic rings. The van der Waals surface area contributed by atoms with E-state index in [1.54, 1.807) is 19.1 Å². The molecular weight excluding hydrogens is 388 g/mol. The molecule has 0 saturated heterocycles. The van der Waals surface area contributed by atoms with Crippen LogP contribution in [0.5, 0.6) is 0 Å². The summed E-state index contributed by atoms with van der Waals surface area (Å²) >= 11 is 6.10. The van der Waals surface area contributed by atoms with Crippen LogP contribution >= 0.6 is 11.6 Å². The number of hydrogen-bond acceptors (Lipinski definition) is 10. The fraction of sp³-hybridized carbons (Fsp3) is 0.250. The Morgan fingerprint density at radius 1 is 1.18 bits per heavy atom. The summed E-state index contributed by atoms with van der Waals surface area (Å²) in [6.45, 7) is 3.71. The summed E-state index contributed by atoms with van der Waals surface area (Å²) in [5.74, 6) is -0.00838. The number of halogens is 1. The molecule has 0 bridgehead atoms. The van der Waals surface area contributed by atoms with E-state index in [1.807, 2.05) is 13.0 Å². The minimum Gasteiger partial charge on any atom is -0.399 e. The van der Waals surface area contributed by atoms with E-state index < -0.39 is 5.91 Å². The molecule has 0 saturated carbocycles. The third-order valence-electron chi connectivity index (χ3n) is 3.44. The van der Waals surface area contributed by atoms with Crippen molar-refractivity contribution in [3.63, 3.8) is 0 Å². The van der Waals surface area contributed by atoms with Crippen molar-refractivity contribution in [2.75, 3.05) is 29.1 Å². The van der Waals surface area contributed by atoms with Crippen molar-refractivity contribution in [3.8, 4) is 0 Å². The molecule has 0 aliphatic carbocycles. The number of aliphatic hydroxyl groups is 1. The zero-order valence-electron chi connectivity index (χ0n) is 15.0. The van der Waals surface area contributed by atoms with Crippen molar-refractivity contribution >= 4 is 41.1 Å². The molecule has 0 radical (unpaired) electrons. The minimum atomic E-state index is -0.603. The fourth-order valence-corrected chi connectivity index (χ4v) is 2.47. The van der Waals surface area contributed by atoms with E-state index in [2.05, 4.69) is 41.1 Å². The summed E-state index contributed by atoms with van der Waals surface area (Å²) in [6.07, 6.45) is 0. The number of nitrogens with zero attached hydrogens (tertiary/aromatic N) is 5. The van der Waals surface area contributed by atoms with Gasteiger partial charge in [0.15, 0.2) is 0 Å². The summed E-state index contributed by atoms with van der Waals surface area (Å²) in [7, 11) is 0. The van der Waals surface area contributed by atoms with E-state index in [0.29, 0.717) is 16.5 Å². The molecule has 0 fully saturated rings. The molecule has 1 amide bonds. The molecule has 2 heterocycles. The van der Waals surface area contributed by atoms with E-state index in [-0.39, 0.29) is 37.0 Å². The lowest BCUT2D eigenvalue weighted by Gasteiger charge is -2.08. The third-order valence-corrected chi connectivity index (χ3v) is 3.76. The van der Waals surface area contributed by atoms with Crippen LogP contribution in [-0.4, -0.2) is 49.3 Å². The van der Waals surface area contributed by atoms with Gasteiger partial charge in [0, 0.05) is 6.54 Å². The van der Waals surface area contributed by atoms with Crippen LogP contribution in [0.3, 0.4) is 0 Å². The minimum absolute atomic E-state index is 0.0689. The van der Waals surface area contributed by atoms with Gasteiger partial charge in [0.25, 0.3) is 0 Å². The molecule has 28 heavy (non-hydrogen) atoms. The van der Waals surface area contributed by atoms with Gasteiger partial charge in [-0.05, 0) is 25.5 Å². The topological polar surface area (TPSA) is 151 Å². The molecule has 0 atom stereocenters. The largest absolute Gasteiger partial charge is 0.399 e. The molecular formula is C16H17ClN8O3. The molecule has 0 spiro atoms. The molecule has 3 rings (SSSR count). The molecule has 1 aromatic carbocycles. The number of benzene rings is 1. The van der Waals surface area contributed by atoms with Gasteiger partial charge in [-0.25, -0.2) is 0 Å². The van der Waals surface area contributed by atoms with Crippen LogP contribution in [0.2, 0.25) is 5.02 Å². The van der Waals surface area contributed by atoms with Gasteiger partial charge in [0.05, 0.1) is 17.3 Å². The predicted octanol–water partition coefficient (Wildman–Crippen LogP) is 1.92. The molecule has 0 unspecified atom stereocenters. The Labute approximate surface area is 164 Å². The van der Waals surface area contributed by atoms with Crippen LogP contribution in [0.4, 0.5) is 23.6 Å². The lowest BCUT2D eigenvalue weighted by Crippen LogP contribution is -2.13. The normalized spacial score (nSPS) is 10.6. The highest BCUT2D eigenvalue weighted by Crippen LogP contribution is 2.25. The number of amides is 1. The maximum atomic E-state index is 12.3. The van der Waals surface area contributed by atoms with Gasteiger partial charge < -0.3 is 20.2 Å². The number of aliphatic hydroxyl groups excluding tert-OH is 1. The highest BCUT2D eigenvalue weighted by atomic mass is 35.5. The number of carbonyl (C=O) groups is 1. The summed E-state index contributed by atoms with van der Waals surface area (Å²) < 4.78 is 5.31. The zero-order valence-corrected chi connectivity index (χ0v) is 15.8. The SMILES string of the molecule is Cc1nc(NCCO)nc(Nc2nnc(C(=O)Nc3c(C)cccc3Cl)o2)n1. The summed E-state index contributed by atoms with van der Waals surface area (Å²) in [5.41, 5.74) is 1.26. The summed E-state index contributed by atoms with van der Waals surface area (Å²) in [5, 5.41) is 24.9. The number of rotatable bonds is 7. The summed E-state index contributed by atoms with van der Waals surface area (Å²) in [6, 6.07) is 5.19. The molecule has 0 aliphatic heterocycles. The van der Waals surface area contributed by atoms with Gasteiger partial charge in [-0.2, -0.15) is 15.0 Å². The first-order valence-electron chi connectivity index (χ1n) is 8.20. The van der Waals surface area contributed by atoms with Crippen molar-refractivity contribution in [2.24, 2.45) is 0 Å². The monoisotopic (exact) mass is 404 g/mol. The van der Waals surface area contributed by atoms with Crippen LogP contribution < -0.4 is 16.0 Å². The highest BCUT2D eigenvalue weighted by Gasteiger charge is 2.18. The molecule has 11 nitrogen and oxygen atoms in total. The Hall–Kier alpha value is -3.31. The van der Waals surface area contributed by atoms with E-state index in [0.717, 1.165) is 5.56 Å². The smallest absolute Gasteiger partial charge is 0.322 e. The number of para-hydroxylation sites is 1. The van der Waals surface area contributed by atoms with Crippen molar-refractivity contribution in [1.29, 1.82) is 0 Å². The molecule has 146 valence electrons. The fourth-order valence-electron chi connectivity index (χ4n) is 2.20. The summed E-state index contributed by atoms with van der Waals surface area (Å²) in [4.78, 5) is 24.6. The van der Waals surface area contributed by atoms with Crippen molar-refractivity contribution < 1.29 is 14.3 Å². The zero-order chi connectivity index (χ0) is 20.1. The number of nitrogens with one attached hydrogen (secondary N) is 3. The van der Waals surface area contributed by atoms with E-state index in [9.17, 15) is 4.79 Å². The van der Waals surface area contributed by atoms with Gasteiger partial charge in [-0.3, -0.25) is 10.1 Å².